The summed E-state index contributed by atoms with van der Waals surface area (Å²) < 4.78 is 16.7. The third-order valence-electron chi connectivity index (χ3n) is 5.36. The van der Waals surface area contributed by atoms with Crippen LogP contribution in [0.1, 0.15) is 32.4 Å². The van der Waals surface area contributed by atoms with E-state index in [1.54, 1.807) is 13.0 Å². The molecule has 6 nitrogen and oxygen atoms in total. The van der Waals surface area contributed by atoms with Crippen molar-refractivity contribution in [2.75, 3.05) is 6.61 Å². The molecule has 2 aliphatic rings. The van der Waals surface area contributed by atoms with E-state index in [0.717, 1.165) is 0 Å². The molecule has 0 radical (unpaired) electrons. The van der Waals surface area contributed by atoms with Crippen molar-refractivity contribution in [3.63, 3.8) is 0 Å². The van der Waals surface area contributed by atoms with Crippen molar-refractivity contribution in [1.29, 1.82) is 0 Å². The van der Waals surface area contributed by atoms with Gasteiger partial charge in [-0.3, -0.25) is 9.59 Å². The second-order valence-electron chi connectivity index (χ2n) is 6.83. The summed E-state index contributed by atoms with van der Waals surface area (Å²) in [7, 11) is 0. The molecule has 0 bridgehead atoms. The molecule has 1 aliphatic heterocycles. The minimum atomic E-state index is -1.08. The highest BCUT2D eigenvalue weighted by atomic mass is 16.5. The zero-order chi connectivity index (χ0) is 19.2. The first-order valence-electron chi connectivity index (χ1n) is 8.89. The average molecular weight is 365 g/mol. The van der Waals surface area contributed by atoms with Crippen molar-refractivity contribution in [3.8, 4) is 0 Å². The third-order valence-corrected chi connectivity index (χ3v) is 5.36. The molecule has 138 valence electrons. The van der Waals surface area contributed by atoms with Gasteiger partial charge in [-0.2, -0.15) is 0 Å². The van der Waals surface area contributed by atoms with Gasteiger partial charge >= 0.3 is 5.97 Å². The molecule has 1 aromatic carbocycles. The summed E-state index contributed by atoms with van der Waals surface area (Å²) in [5.74, 6) is -0.135. The van der Waals surface area contributed by atoms with Gasteiger partial charge in [-0.15, -0.1) is 0 Å². The molecule has 2 heterocycles. The van der Waals surface area contributed by atoms with E-state index < -0.39 is 11.4 Å². The number of carbonyl (C=O) groups excluding carboxylic acids is 2. The normalized spacial score (nSPS) is 24.6. The quantitative estimate of drug-likeness (QED) is 0.608. The minimum absolute atomic E-state index is 0.137. The van der Waals surface area contributed by atoms with Crippen LogP contribution in [0.2, 0.25) is 0 Å². The number of hydrogen-bond acceptors (Lipinski definition) is 6. The summed E-state index contributed by atoms with van der Waals surface area (Å²) in [4.78, 5) is 26.0. The van der Waals surface area contributed by atoms with Gasteiger partial charge in [0.2, 0.25) is 0 Å². The lowest BCUT2D eigenvalue weighted by Gasteiger charge is -2.35. The first-order valence-corrected chi connectivity index (χ1v) is 8.89. The summed E-state index contributed by atoms with van der Waals surface area (Å²) >= 11 is 0. The van der Waals surface area contributed by atoms with Crippen LogP contribution in [0.4, 0.5) is 0 Å². The van der Waals surface area contributed by atoms with Gasteiger partial charge in [-0.05, 0) is 25.0 Å². The van der Waals surface area contributed by atoms with Crippen molar-refractivity contribution in [1.82, 2.24) is 5.16 Å². The molecule has 0 spiro atoms. The average Bonchev–Trinajstić information content (AvgIpc) is 3.25. The third kappa shape index (κ3) is 2.37. The van der Waals surface area contributed by atoms with Crippen molar-refractivity contribution in [2.24, 2.45) is 11.3 Å². The van der Waals surface area contributed by atoms with Crippen LogP contribution in [-0.2, 0) is 19.1 Å². The smallest absolute Gasteiger partial charge is 0.320 e. The van der Waals surface area contributed by atoms with E-state index >= 15 is 0 Å². The molecule has 2 atom stereocenters. The zero-order valence-electron chi connectivity index (χ0n) is 15.2. The van der Waals surface area contributed by atoms with E-state index in [0.29, 0.717) is 22.4 Å². The van der Waals surface area contributed by atoms with Gasteiger partial charge in [0.05, 0.1) is 12.2 Å². The van der Waals surface area contributed by atoms with E-state index in [1.165, 1.54) is 0 Å². The van der Waals surface area contributed by atoms with Crippen LogP contribution < -0.4 is 0 Å². The highest BCUT2D eigenvalue weighted by molar-refractivity contribution is 6.25. The number of allylic oxidation sites excluding steroid dienone is 2. The molecule has 1 aliphatic carbocycles. The van der Waals surface area contributed by atoms with Crippen LogP contribution in [-0.4, -0.2) is 23.5 Å². The molecule has 1 fully saturated rings. The number of carbonyl (C=O) groups is 2. The Bertz CT molecular complexity index is 1040. The highest BCUT2D eigenvalue weighted by Gasteiger charge is 2.59. The fourth-order valence-electron chi connectivity index (χ4n) is 3.97. The van der Waals surface area contributed by atoms with Crippen LogP contribution in [0.5, 0.6) is 0 Å². The SMILES string of the molecule is C=C=C1C[C@@]2(C(=O)OCC)C(=C(c3noc4ccccc34)C(=O)C[C@@H]2C)O1. The summed E-state index contributed by atoms with van der Waals surface area (Å²) in [6, 6.07) is 7.27. The maximum atomic E-state index is 13.0. The Morgan fingerprint density at radius 3 is 2.96 bits per heavy atom. The van der Waals surface area contributed by atoms with Gasteiger partial charge in [-0.1, -0.05) is 36.5 Å². The van der Waals surface area contributed by atoms with Gasteiger partial charge in [0.25, 0.3) is 0 Å². The highest BCUT2D eigenvalue weighted by Crippen LogP contribution is 2.56. The number of ketones is 1. The van der Waals surface area contributed by atoms with E-state index in [2.05, 4.69) is 17.5 Å². The van der Waals surface area contributed by atoms with Crippen LogP contribution in [0.25, 0.3) is 16.5 Å². The van der Waals surface area contributed by atoms with E-state index in [1.807, 2.05) is 25.1 Å². The van der Waals surface area contributed by atoms with E-state index in [-0.39, 0.29) is 42.5 Å². The number of benzene rings is 1. The molecule has 1 saturated heterocycles. The number of hydrogen-bond donors (Lipinski definition) is 0. The van der Waals surface area contributed by atoms with Crippen LogP contribution in [0.3, 0.4) is 0 Å². The molecule has 0 saturated carbocycles. The molecular weight excluding hydrogens is 346 g/mol. The van der Waals surface area contributed by atoms with Crippen molar-refractivity contribution in [3.05, 3.63) is 53.8 Å². The molecule has 0 amide bonds. The molecule has 2 aromatic rings. The van der Waals surface area contributed by atoms with E-state index in [4.69, 9.17) is 14.0 Å². The van der Waals surface area contributed by atoms with Gasteiger partial charge < -0.3 is 14.0 Å². The number of rotatable bonds is 3. The first kappa shape index (κ1) is 17.3. The number of esters is 1. The monoisotopic (exact) mass is 365 g/mol. The maximum Gasteiger partial charge on any atom is 0.320 e. The maximum absolute atomic E-state index is 13.0. The van der Waals surface area contributed by atoms with Gasteiger partial charge in [0, 0.05) is 18.2 Å². The number of ether oxygens (including phenoxy) is 2. The Hall–Kier alpha value is -3.11. The fraction of sp³-hybridized carbons (Fsp3) is 0.333. The second-order valence-corrected chi connectivity index (χ2v) is 6.83. The number of aromatic nitrogens is 1. The van der Waals surface area contributed by atoms with Gasteiger partial charge in [-0.25, -0.2) is 0 Å². The number of nitrogens with zero attached hydrogens (tertiary/aromatic N) is 1. The lowest BCUT2D eigenvalue weighted by atomic mass is 9.65. The summed E-state index contributed by atoms with van der Waals surface area (Å²) in [6.45, 7) is 7.49. The Kier molecular flexibility index (Phi) is 4.01. The summed E-state index contributed by atoms with van der Waals surface area (Å²) in [6.07, 6.45) is 0.449. The Morgan fingerprint density at radius 2 is 2.22 bits per heavy atom. The topological polar surface area (TPSA) is 78.6 Å². The molecular formula is C21H19NO5. The number of fused-ring (bicyclic) bond motifs is 2. The van der Waals surface area contributed by atoms with E-state index in [9.17, 15) is 9.59 Å². The number of Topliss-reactive ketones (excluding diaryl/α,β-unsaturated/α-hetero) is 1. The minimum Gasteiger partial charge on any atom is -0.465 e. The Morgan fingerprint density at radius 1 is 1.44 bits per heavy atom. The predicted molar refractivity (Wildman–Crippen MR) is 97.1 cm³/mol. The van der Waals surface area contributed by atoms with Crippen LogP contribution in [0.15, 0.2) is 52.6 Å². The van der Waals surface area contributed by atoms with Gasteiger partial charge in [0.1, 0.15) is 22.6 Å². The second kappa shape index (κ2) is 6.25. The van der Waals surface area contributed by atoms with Gasteiger partial charge in [0.15, 0.2) is 11.4 Å². The fourth-order valence-corrected chi connectivity index (χ4v) is 3.97. The van der Waals surface area contributed by atoms with Crippen LogP contribution in [0, 0.1) is 11.3 Å². The number of para-hydroxylation sites is 1. The van der Waals surface area contributed by atoms with Crippen molar-refractivity contribution >= 4 is 28.3 Å². The Balaban J connectivity index is 2.02. The molecule has 27 heavy (non-hydrogen) atoms. The predicted octanol–water partition coefficient (Wildman–Crippen LogP) is 3.79. The lowest BCUT2D eigenvalue weighted by molar-refractivity contribution is -0.156. The Labute approximate surface area is 156 Å². The van der Waals surface area contributed by atoms with Crippen LogP contribution >= 0.6 is 0 Å². The molecule has 0 unspecified atom stereocenters. The molecule has 1 aromatic heterocycles. The standard InChI is InChI=1S/C21H19NO5/c1-4-13-11-21(20(24)25-5-2)12(3)10-15(23)17(19(21)26-13)18-14-8-6-7-9-16(14)27-22-18/h6-9,12H,1,5,10-11H2,2-3H3/t12-,21-/m0/s1. The first-order chi connectivity index (χ1) is 13.0. The zero-order valence-corrected chi connectivity index (χ0v) is 15.2. The largest absolute Gasteiger partial charge is 0.465 e. The summed E-state index contributed by atoms with van der Waals surface area (Å²) in [5.41, 5.74) is 2.87. The van der Waals surface area contributed by atoms with Crippen molar-refractivity contribution in [2.45, 2.75) is 26.7 Å². The van der Waals surface area contributed by atoms with Crippen molar-refractivity contribution < 1.29 is 23.6 Å². The summed E-state index contributed by atoms with van der Waals surface area (Å²) in [5, 5.41) is 4.81. The molecule has 4 rings (SSSR count). The lowest BCUT2D eigenvalue weighted by Crippen LogP contribution is -2.43. The molecule has 6 heteroatoms. The molecule has 0 N–H and O–H groups in total.